The second-order valence-electron chi connectivity index (χ2n) is 7.11. The summed E-state index contributed by atoms with van der Waals surface area (Å²) in [5.74, 6) is -1.10. The Kier molecular flexibility index (Phi) is 5.31. The van der Waals surface area contributed by atoms with Gasteiger partial charge in [-0.1, -0.05) is 6.08 Å². The lowest BCUT2D eigenvalue weighted by Crippen LogP contribution is -2.46. The van der Waals surface area contributed by atoms with Crippen molar-refractivity contribution in [2.24, 2.45) is 11.1 Å². The number of amides is 4. The van der Waals surface area contributed by atoms with E-state index in [0.29, 0.717) is 44.5 Å². The summed E-state index contributed by atoms with van der Waals surface area (Å²) in [4.78, 5) is 56.5. The van der Waals surface area contributed by atoms with E-state index in [0.717, 1.165) is 5.06 Å². The van der Waals surface area contributed by atoms with E-state index in [1.54, 1.807) is 16.0 Å². The molecule has 0 aromatic heterocycles. The Bertz CT molecular complexity index is 721. The van der Waals surface area contributed by atoms with Crippen LogP contribution in [0.3, 0.4) is 0 Å². The molecule has 0 aromatic rings. The first-order valence-electron chi connectivity index (χ1n) is 8.98. The Morgan fingerprint density at radius 2 is 1.96 bits per heavy atom. The van der Waals surface area contributed by atoms with Crippen LogP contribution >= 0.6 is 0 Å². The number of hydroxylamine groups is 2. The summed E-state index contributed by atoms with van der Waals surface area (Å²) in [6.07, 6.45) is 7.17. The van der Waals surface area contributed by atoms with Crippen molar-refractivity contribution >= 4 is 23.6 Å². The molecule has 0 aromatic carbocycles. The molecule has 3 rings (SSSR count). The van der Waals surface area contributed by atoms with Crippen LogP contribution in [0.4, 0.5) is 0 Å². The van der Waals surface area contributed by atoms with Crippen molar-refractivity contribution in [2.75, 3.05) is 26.7 Å². The lowest BCUT2D eigenvalue weighted by Gasteiger charge is -2.37. The van der Waals surface area contributed by atoms with Gasteiger partial charge in [0.05, 0.1) is 12.5 Å². The number of hydrogen-bond donors (Lipinski definition) is 1. The summed E-state index contributed by atoms with van der Waals surface area (Å²) >= 11 is 0. The fourth-order valence-electron chi connectivity index (χ4n) is 3.82. The largest absolute Gasteiger partial charge is 0.366 e. The first-order chi connectivity index (χ1) is 12.9. The van der Waals surface area contributed by atoms with Crippen LogP contribution in [0.5, 0.6) is 0 Å². The molecule has 3 aliphatic rings. The Labute approximate surface area is 157 Å². The number of nitrogens with zero attached hydrogens (tertiary/aromatic N) is 3. The van der Waals surface area contributed by atoms with Crippen LogP contribution in [0.15, 0.2) is 24.0 Å². The number of likely N-dealkylation sites (tertiary alicyclic amines) is 1. The zero-order valence-electron chi connectivity index (χ0n) is 15.3. The van der Waals surface area contributed by atoms with E-state index < -0.39 is 11.3 Å². The number of carbonyl (C=O) groups is 4. The summed E-state index contributed by atoms with van der Waals surface area (Å²) in [6.45, 7) is 1.32. The van der Waals surface area contributed by atoms with Crippen LogP contribution in [0, 0.1) is 5.41 Å². The monoisotopic (exact) mass is 376 g/mol. The van der Waals surface area contributed by atoms with Gasteiger partial charge >= 0.3 is 0 Å². The number of hydrogen-bond acceptors (Lipinski definition) is 6. The fourth-order valence-corrected chi connectivity index (χ4v) is 3.82. The smallest absolute Gasteiger partial charge is 0.260 e. The molecule has 9 nitrogen and oxygen atoms in total. The molecule has 1 spiro atoms. The lowest BCUT2D eigenvalue weighted by molar-refractivity contribution is -0.183. The van der Waals surface area contributed by atoms with E-state index >= 15 is 0 Å². The maximum atomic E-state index is 12.5. The fraction of sp³-hybridized carbons (Fsp3) is 0.556. The molecule has 3 aliphatic heterocycles. The molecule has 0 unspecified atom stereocenters. The summed E-state index contributed by atoms with van der Waals surface area (Å²) in [7, 11) is 1.31. The molecule has 146 valence electrons. The molecule has 27 heavy (non-hydrogen) atoms. The molecule has 0 atom stereocenters. The van der Waals surface area contributed by atoms with Gasteiger partial charge in [-0.05, 0) is 25.5 Å². The van der Waals surface area contributed by atoms with Gasteiger partial charge in [-0.3, -0.25) is 24.0 Å². The molecular formula is C18H24N4O5. The van der Waals surface area contributed by atoms with Gasteiger partial charge in [-0.25, -0.2) is 0 Å². The molecule has 0 bridgehead atoms. The maximum absolute atomic E-state index is 12.5. The predicted octanol–water partition coefficient (Wildman–Crippen LogP) is -0.106. The molecule has 2 fully saturated rings. The van der Waals surface area contributed by atoms with Crippen molar-refractivity contribution in [3.8, 4) is 0 Å². The maximum Gasteiger partial charge on any atom is 0.260 e. The number of piperidine rings is 1. The van der Waals surface area contributed by atoms with Crippen molar-refractivity contribution in [3.05, 3.63) is 24.0 Å². The third-order valence-electron chi connectivity index (χ3n) is 5.47. The van der Waals surface area contributed by atoms with E-state index in [-0.39, 0.29) is 30.6 Å². The standard InChI is InChI=1S/C18H24N4O5/c1-27-22-15(24)11-18(17(22)26)5-9-21(10-6-18)14(23)4-8-20-7-2-3-13(12-20)16(19)25/h2,7,12H,3-6,8-11H2,1H3,(H2,19,25). The van der Waals surface area contributed by atoms with Crippen molar-refractivity contribution in [2.45, 2.75) is 32.1 Å². The Morgan fingerprint density at radius 1 is 1.26 bits per heavy atom. The Morgan fingerprint density at radius 3 is 2.56 bits per heavy atom. The quantitative estimate of drug-likeness (QED) is 0.670. The van der Waals surface area contributed by atoms with Crippen molar-refractivity contribution < 1.29 is 24.0 Å². The number of imide groups is 1. The van der Waals surface area contributed by atoms with Gasteiger partial charge in [0.1, 0.15) is 0 Å². The number of nitrogens with two attached hydrogens (primary N) is 1. The minimum Gasteiger partial charge on any atom is -0.366 e. The average Bonchev–Trinajstić information content (AvgIpc) is 2.89. The summed E-state index contributed by atoms with van der Waals surface area (Å²) in [6, 6.07) is 0. The Balaban J connectivity index is 1.51. The number of primary amides is 1. The third-order valence-corrected chi connectivity index (χ3v) is 5.47. The topological polar surface area (TPSA) is 113 Å². The Hall–Kier alpha value is -2.68. The van der Waals surface area contributed by atoms with Gasteiger partial charge in [0, 0.05) is 44.2 Å². The lowest BCUT2D eigenvalue weighted by atomic mass is 9.77. The third kappa shape index (κ3) is 3.73. The van der Waals surface area contributed by atoms with Crippen molar-refractivity contribution in [1.82, 2.24) is 14.9 Å². The summed E-state index contributed by atoms with van der Waals surface area (Å²) in [5, 5.41) is 0.836. The number of carbonyl (C=O) groups excluding carboxylic acids is 4. The zero-order chi connectivity index (χ0) is 19.6. The normalized spacial score (nSPS) is 21.8. The first kappa shape index (κ1) is 19.1. The summed E-state index contributed by atoms with van der Waals surface area (Å²) < 4.78 is 0. The van der Waals surface area contributed by atoms with Crippen LogP contribution in [0.25, 0.3) is 0 Å². The van der Waals surface area contributed by atoms with E-state index in [9.17, 15) is 19.2 Å². The average molecular weight is 376 g/mol. The minimum atomic E-state index is -0.737. The van der Waals surface area contributed by atoms with Gasteiger partial charge in [0.2, 0.25) is 11.8 Å². The molecule has 0 saturated carbocycles. The van der Waals surface area contributed by atoms with Gasteiger partial charge in [-0.15, -0.1) is 0 Å². The van der Waals surface area contributed by atoms with Crippen LogP contribution in [-0.4, -0.2) is 65.2 Å². The van der Waals surface area contributed by atoms with Crippen LogP contribution in [0.1, 0.15) is 32.1 Å². The van der Waals surface area contributed by atoms with Gasteiger partial charge < -0.3 is 15.5 Å². The van der Waals surface area contributed by atoms with Crippen molar-refractivity contribution in [1.29, 1.82) is 0 Å². The van der Waals surface area contributed by atoms with Gasteiger partial charge in [0.25, 0.3) is 11.8 Å². The molecule has 0 aliphatic carbocycles. The molecule has 2 N–H and O–H groups in total. The van der Waals surface area contributed by atoms with Crippen LogP contribution < -0.4 is 5.73 Å². The predicted molar refractivity (Wildman–Crippen MR) is 94.1 cm³/mol. The highest BCUT2D eigenvalue weighted by atomic mass is 16.7. The highest BCUT2D eigenvalue weighted by molar-refractivity contribution is 6.04. The van der Waals surface area contributed by atoms with Crippen LogP contribution in [0.2, 0.25) is 0 Å². The molecular weight excluding hydrogens is 352 g/mol. The molecule has 9 heteroatoms. The SMILES string of the molecule is CON1C(=O)CC2(CCN(C(=O)CCN3C=CCC(C(N)=O)=C3)CC2)C1=O. The molecule has 0 radical (unpaired) electrons. The van der Waals surface area contributed by atoms with E-state index in [1.165, 1.54) is 7.11 Å². The van der Waals surface area contributed by atoms with Crippen molar-refractivity contribution in [3.63, 3.8) is 0 Å². The molecule has 4 amide bonds. The second kappa shape index (κ2) is 7.51. The van der Waals surface area contributed by atoms with E-state index in [2.05, 4.69) is 0 Å². The van der Waals surface area contributed by atoms with Gasteiger partial charge in [0.15, 0.2) is 0 Å². The zero-order valence-corrected chi connectivity index (χ0v) is 15.3. The second-order valence-corrected chi connectivity index (χ2v) is 7.11. The van der Waals surface area contributed by atoms with Gasteiger partial charge in [-0.2, -0.15) is 5.06 Å². The molecule has 3 heterocycles. The number of rotatable bonds is 5. The van der Waals surface area contributed by atoms with E-state index in [4.69, 9.17) is 10.6 Å². The van der Waals surface area contributed by atoms with Crippen LogP contribution in [-0.2, 0) is 24.0 Å². The minimum absolute atomic E-state index is 0.0155. The molecule has 2 saturated heterocycles. The highest BCUT2D eigenvalue weighted by Gasteiger charge is 2.53. The number of allylic oxidation sites excluding steroid dienone is 1. The highest BCUT2D eigenvalue weighted by Crippen LogP contribution is 2.42. The first-order valence-corrected chi connectivity index (χ1v) is 8.98. The van der Waals surface area contributed by atoms with E-state index in [1.807, 2.05) is 12.3 Å². The summed E-state index contributed by atoms with van der Waals surface area (Å²) in [5.41, 5.74) is 5.07.